The zero-order chi connectivity index (χ0) is 26.2. The standard InChI is InChI=1S/C23H21Cl3N6O4/c1-32(23(34)31-22-20(25)15(35-2)10-16(36-3)21(22)26)18-11-17(27-12-28-18)29-13-6-4-5-7-14(13)30-19(33)8-9-24/h4-12H,1-3H3,(H,30,33)(H,31,34)(H,27,28,29). The molecule has 0 saturated carbocycles. The Labute approximate surface area is 222 Å². The van der Waals surface area contributed by atoms with E-state index in [1.807, 2.05) is 0 Å². The number of hydrogen-bond acceptors (Lipinski definition) is 7. The number of hydrogen-bond donors (Lipinski definition) is 3. The normalized spacial score (nSPS) is 10.6. The highest BCUT2D eigenvalue weighted by atomic mass is 35.5. The van der Waals surface area contributed by atoms with E-state index in [-0.39, 0.29) is 33.0 Å². The second-order valence-electron chi connectivity index (χ2n) is 6.99. The lowest BCUT2D eigenvalue weighted by molar-refractivity contribution is -0.111. The summed E-state index contributed by atoms with van der Waals surface area (Å²) in [6, 6.07) is 9.48. The first-order chi connectivity index (χ1) is 17.3. The lowest BCUT2D eigenvalue weighted by Gasteiger charge is -2.20. The molecular weight excluding hydrogens is 531 g/mol. The van der Waals surface area contributed by atoms with Gasteiger partial charge in [0.05, 0.1) is 31.3 Å². The number of urea groups is 1. The second kappa shape index (κ2) is 12.3. The fourth-order valence-electron chi connectivity index (χ4n) is 2.96. The Balaban J connectivity index is 1.82. The average Bonchev–Trinajstić information content (AvgIpc) is 2.87. The molecule has 188 valence electrons. The lowest BCUT2D eigenvalue weighted by Crippen LogP contribution is -2.32. The number of carbonyl (C=O) groups excluding carboxylic acids is 2. The fourth-order valence-corrected chi connectivity index (χ4v) is 3.67. The predicted molar refractivity (Wildman–Crippen MR) is 142 cm³/mol. The van der Waals surface area contributed by atoms with Crippen molar-refractivity contribution in [3.63, 3.8) is 0 Å². The average molecular weight is 552 g/mol. The summed E-state index contributed by atoms with van der Waals surface area (Å²) in [7, 11) is 4.37. The number of anilines is 5. The van der Waals surface area contributed by atoms with Crippen LogP contribution in [0.4, 0.5) is 33.5 Å². The van der Waals surface area contributed by atoms with Crippen LogP contribution in [0.1, 0.15) is 0 Å². The van der Waals surface area contributed by atoms with Gasteiger partial charge in [-0.25, -0.2) is 14.8 Å². The molecule has 0 radical (unpaired) electrons. The van der Waals surface area contributed by atoms with Crippen molar-refractivity contribution in [2.45, 2.75) is 0 Å². The largest absolute Gasteiger partial charge is 0.495 e. The molecule has 0 fully saturated rings. The van der Waals surface area contributed by atoms with E-state index in [0.29, 0.717) is 17.2 Å². The Bertz CT molecular complexity index is 1280. The van der Waals surface area contributed by atoms with Crippen LogP contribution in [-0.2, 0) is 4.79 Å². The summed E-state index contributed by atoms with van der Waals surface area (Å²) in [4.78, 5) is 34.5. The molecular formula is C23H21Cl3N6O4. The molecule has 0 atom stereocenters. The molecule has 1 heterocycles. The van der Waals surface area contributed by atoms with Gasteiger partial charge in [-0.1, -0.05) is 46.9 Å². The first-order valence-electron chi connectivity index (χ1n) is 10.2. The highest BCUT2D eigenvalue weighted by molar-refractivity contribution is 6.41. The van der Waals surface area contributed by atoms with Gasteiger partial charge in [-0.05, 0) is 12.1 Å². The Hall–Kier alpha value is -3.73. The monoisotopic (exact) mass is 550 g/mol. The van der Waals surface area contributed by atoms with Gasteiger partial charge in [-0.2, -0.15) is 0 Å². The van der Waals surface area contributed by atoms with E-state index in [0.717, 1.165) is 5.54 Å². The molecule has 0 spiro atoms. The van der Waals surface area contributed by atoms with Crippen molar-refractivity contribution in [2.24, 2.45) is 0 Å². The third-order valence-electron chi connectivity index (χ3n) is 4.77. The maximum absolute atomic E-state index is 13.0. The summed E-state index contributed by atoms with van der Waals surface area (Å²) in [6.45, 7) is 0. The summed E-state index contributed by atoms with van der Waals surface area (Å²) in [5, 5.41) is 8.68. The molecule has 36 heavy (non-hydrogen) atoms. The van der Waals surface area contributed by atoms with Gasteiger partial charge in [-0.3, -0.25) is 9.69 Å². The number of carbonyl (C=O) groups is 2. The zero-order valence-electron chi connectivity index (χ0n) is 19.3. The smallest absolute Gasteiger partial charge is 0.327 e. The van der Waals surface area contributed by atoms with E-state index >= 15 is 0 Å². The van der Waals surface area contributed by atoms with E-state index in [1.165, 1.54) is 44.6 Å². The molecule has 0 saturated heterocycles. The molecule has 0 bridgehead atoms. The number of rotatable bonds is 8. The van der Waals surface area contributed by atoms with Crippen LogP contribution in [0, 0.1) is 0 Å². The molecule has 0 aliphatic rings. The van der Waals surface area contributed by atoms with E-state index < -0.39 is 11.9 Å². The molecule has 1 aromatic heterocycles. The van der Waals surface area contributed by atoms with Crippen molar-refractivity contribution in [2.75, 3.05) is 42.1 Å². The number of aromatic nitrogens is 2. The Kier molecular flexibility index (Phi) is 9.18. The van der Waals surface area contributed by atoms with Crippen molar-refractivity contribution in [3.8, 4) is 11.5 Å². The van der Waals surface area contributed by atoms with Crippen LogP contribution in [0.3, 0.4) is 0 Å². The van der Waals surface area contributed by atoms with Crippen LogP contribution in [0.15, 0.2) is 54.3 Å². The summed E-state index contributed by atoms with van der Waals surface area (Å²) < 4.78 is 10.5. The molecule has 3 amide bonds. The fraction of sp³-hybridized carbons (Fsp3) is 0.130. The Morgan fingerprint density at radius 1 is 0.972 bits per heavy atom. The van der Waals surface area contributed by atoms with Gasteiger partial charge in [0.25, 0.3) is 0 Å². The van der Waals surface area contributed by atoms with E-state index in [9.17, 15) is 9.59 Å². The van der Waals surface area contributed by atoms with Crippen LogP contribution in [-0.4, -0.2) is 43.2 Å². The number of nitrogens with one attached hydrogen (secondary N) is 3. The SMILES string of the molecule is COc1cc(OC)c(Cl)c(NC(=O)N(C)c2cc(Nc3ccccc3NC(=O)C=CCl)ncn2)c1Cl. The number of benzene rings is 2. The van der Waals surface area contributed by atoms with Crippen LogP contribution in [0.5, 0.6) is 11.5 Å². The second-order valence-corrected chi connectivity index (χ2v) is 8.00. The van der Waals surface area contributed by atoms with Crippen molar-refractivity contribution < 1.29 is 19.1 Å². The molecule has 0 aliphatic heterocycles. The van der Waals surface area contributed by atoms with Gasteiger partial charge in [0.2, 0.25) is 5.91 Å². The van der Waals surface area contributed by atoms with Gasteiger partial charge in [0.1, 0.15) is 39.5 Å². The lowest BCUT2D eigenvalue weighted by atomic mass is 10.2. The van der Waals surface area contributed by atoms with Crippen molar-refractivity contribution >= 4 is 75.4 Å². The van der Waals surface area contributed by atoms with Gasteiger partial charge in [0, 0.05) is 30.8 Å². The van der Waals surface area contributed by atoms with Crippen LogP contribution < -0.4 is 30.3 Å². The molecule has 2 aromatic carbocycles. The molecule has 3 N–H and O–H groups in total. The number of nitrogens with zero attached hydrogens (tertiary/aromatic N) is 3. The number of halogens is 3. The van der Waals surface area contributed by atoms with Gasteiger partial charge in [0.15, 0.2) is 0 Å². The molecule has 3 aromatic rings. The van der Waals surface area contributed by atoms with E-state index in [2.05, 4.69) is 25.9 Å². The first kappa shape index (κ1) is 26.9. The van der Waals surface area contributed by atoms with Crippen molar-refractivity contribution in [1.82, 2.24) is 9.97 Å². The molecule has 3 rings (SSSR count). The minimum atomic E-state index is -0.584. The zero-order valence-corrected chi connectivity index (χ0v) is 21.6. The number of methoxy groups -OCH3 is 2. The Morgan fingerprint density at radius 2 is 1.61 bits per heavy atom. The highest BCUT2D eigenvalue weighted by Gasteiger charge is 2.22. The maximum Gasteiger partial charge on any atom is 0.327 e. The van der Waals surface area contributed by atoms with Crippen molar-refractivity contribution in [1.29, 1.82) is 0 Å². The van der Waals surface area contributed by atoms with Gasteiger partial charge < -0.3 is 25.4 Å². The third-order valence-corrected chi connectivity index (χ3v) is 5.65. The summed E-state index contributed by atoms with van der Waals surface area (Å²) in [6.07, 6.45) is 2.47. The topological polar surface area (TPSA) is 118 Å². The van der Waals surface area contributed by atoms with Crippen LogP contribution in [0.25, 0.3) is 0 Å². The predicted octanol–water partition coefficient (Wildman–Crippen LogP) is 5.90. The quantitative estimate of drug-likeness (QED) is 0.298. The third kappa shape index (κ3) is 6.28. The minimum Gasteiger partial charge on any atom is -0.495 e. The van der Waals surface area contributed by atoms with E-state index in [1.54, 1.807) is 30.3 Å². The summed E-state index contributed by atoms with van der Waals surface area (Å²) in [5.41, 5.74) is 2.30. The first-order valence-corrected chi connectivity index (χ1v) is 11.4. The molecule has 0 unspecified atom stereocenters. The molecule has 13 heteroatoms. The summed E-state index contributed by atoms with van der Waals surface area (Å²) in [5.74, 6) is 0.783. The highest BCUT2D eigenvalue weighted by Crippen LogP contribution is 2.44. The number of para-hydroxylation sites is 2. The number of ether oxygens (including phenoxy) is 2. The number of amides is 3. The van der Waals surface area contributed by atoms with Gasteiger partial charge in [-0.15, -0.1) is 0 Å². The van der Waals surface area contributed by atoms with Crippen LogP contribution in [0.2, 0.25) is 10.0 Å². The Morgan fingerprint density at radius 3 is 2.22 bits per heavy atom. The summed E-state index contributed by atoms with van der Waals surface area (Å²) >= 11 is 18.2. The molecule has 10 nitrogen and oxygen atoms in total. The minimum absolute atomic E-state index is 0.109. The van der Waals surface area contributed by atoms with Crippen molar-refractivity contribution in [3.05, 3.63) is 64.4 Å². The van der Waals surface area contributed by atoms with Gasteiger partial charge >= 0.3 is 6.03 Å². The van der Waals surface area contributed by atoms with E-state index in [4.69, 9.17) is 44.3 Å². The molecule has 0 aliphatic carbocycles. The maximum atomic E-state index is 13.0. The van der Waals surface area contributed by atoms with Crippen LogP contribution >= 0.6 is 34.8 Å².